The Morgan fingerprint density at radius 2 is 2.06 bits per heavy atom. The lowest BCUT2D eigenvalue weighted by atomic mass is 10.3. The van der Waals surface area contributed by atoms with Crippen LogP contribution < -0.4 is 4.74 Å². The summed E-state index contributed by atoms with van der Waals surface area (Å²) in [6.07, 6.45) is 1.14. The maximum atomic E-state index is 11.9. The van der Waals surface area contributed by atoms with Crippen molar-refractivity contribution in [3.8, 4) is 5.75 Å². The van der Waals surface area contributed by atoms with Crippen LogP contribution in [0.3, 0.4) is 0 Å². The predicted molar refractivity (Wildman–Crippen MR) is 64.2 cm³/mol. The third-order valence-electron chi connectivity index (χ3n) is 2.17. The van der Waals surface area contributed by atoms with E-state index in [0.717, 1.165) is 0 Å². The molecule has 0 spiro atoms. The number of methoxy groups -OCH3 is 1. The Morgan fingerprint density at radius 1 is 1.38 bits per heavy atom. The second kappa shape index (κ2) is 6.43. The molecule has 1 rings (SSSR count). The Morgan fingerprint density at radius 3 is 2.69 bits per heavy atom. The average molecular weight is 240 g/mol. The Labute approximate surface area is 98.3 Å². The van der Waals surface area contributed by atoms with E-state index in [-0.39, 0.29) is 5.78 Å². The lowest BCUT2D eigenvalue weighted by Gasteiger charge is -2.07. The van der Waals surface area contributed by atoms with Crippen molar-refractivity contribution in [2.45, 2.75) is 24.7 Å². The number of carbonyl (C=O) groups excluding carboxylic acids is 1. The van der Waals surface area contributed by atoms with Crippen molar-refractivity contribution in [2.75, 3.05) is 12.9 Å². The van der Waals surface area contributed by atoms with Crippen LogP contribution in [0, 0.1) is 0 Å². The van der Waals surface area contributed by atoms with E-state index in [0.29, 0.717) is 29.2 Å². The highest BCUT2D eigenvalue weighted by Gasteiger charge is 2.09. The third-order valence-corrected chi connectivity index (χ3v) is 3.66. The van der Waals surface area contributed by atoms with Gasteiger partial charge < -0.3 is 9.53 Å². The summed E-state index contributed by atoms with van der Waals surface area (Å²) in [6.45, 7) is 1.55. The third kappa shape index (κ3) is 3.77. The van der Waals surface area contributed by atoms with Gasteiger partial charge in [0.2, 0.25) is 0 Å². The lowest BCUT2D eigenvalue weighted by molar-refractivity contribution is -0.117. The molecule has 16 heavy (non-hydrogen) atoms. The molecule has 0 fully saturated rings. The molecule has 3 nitrogen and oxygen atoms in total. The second-order valence-corrected chi connectivity index (χ2v) is 5.05. The Balaban J connectivity index is 2.62. The number of Topliss-reactive ketones (excluding diaryl/α,β-unsaturated/α-hetero) is 1. The summed E-state index contributed by atoms with van der Waals surface area (Å²) in [5.41, 5.74) is 0. The Hall–Kier alpha value is -1.16. The van der Waals surface area contributed by atoms with Crippen molar-refractivity contribution in [3.63, 3.8) is 0 Å². The minimum Gasteiger partial charge on any atom is -0.495 e. The van der Waals surface area contributed by atoms with Gasteiger partial charge in [-0.15, -0.1) is 0 Å². The van der Waals surface area contributed by atoms with Crippen molar-refractivity contribution >= 4 is 16.6 Å². The van der Waals surface area contributed by atoms with E-state index < -0.39 is 10.8 Å². The Kier molecular flexibility index (Phi) is 5.19. The molecular weight excluding hydrogens is 224 g/mol. The summed E-state index contributed by atoms with van der Waals surface area (Å²) in [5.74, 6) is 1.28. The molecule has 0 amide bonds. The molecule has 4 heteroatoms. The summed E-state index contributed by atoms with van der Waals surface area (Å²) in [4.78, 5) is 11.5. The van der Waals surface area contributed by atoms with Gasteiger partial charge in [-0.2, -0.15) is 0 Å². The number of para-hydroxylation sites is 1. The molecule has 0 saturated carbocycles. The van der Waals surface area contributed by atoms with E-state index in [1.807, 2.05) is 12.1 Å². The van der Waals surface area contributed by atoms with Gasteiger partial charge in [0.1, 0.15) is 11.5 Å². The van der Waals surface area contributed by atoms with Crippen molar-refractivity contribution in [2.24, 2.45) is 0 Å². The van der Waals surface area contributed by atoms with Gasteiger partial charge in [-0.25, -0.2) is 0 Å². The highest BCUT2D eigenvalue weighted by Crippen LogP contribution is 2.21. The van der Waals surface area contributed by atoms with Gasteiger partial charge in [-0.3, -0.25) is 4.21 Å². The zero-order valence-electron chi connectivity index (χ0n) is 9.56. The first kappa shape index (κ1) is 12.9. The van der Waals surface area contributed by atoms with Crippen molar-refractivity contribution < 1.29 is 13.7 Å². The molecule has 1 aromatic rings. The molecule has 0 aliphatic heterocycles. The second-order valence-electron chi connectivity index (χ2n) is 3.51. The fourth-order valence-electron chi connectivity index (χ4n) is 1.37. The van der Waals surface area contributed by atoms with Gasteiger partial charge in [0.25, 0.3) is 0 Å². The molecule has 1 unspecified atom stereocenters. The van der Waals surface area contributed by atoms with Crippen LogP contribution in [0.1, 0.15) is 19.8 Å². The van der Waals surface area contributed by atoms with Gasteiger partial charge in [-0.05, 0) is 25.5 Å². The summed E-state index contributed by atoms with van der Waals surface area (Å²) < 4.78 is 17.1. The topological polar surface area (TPSA) is 43.4 Å². The number of hydrogen-bond donors (Lipinski definition) is 0. The summed E-state index contributed by atoms with van der Waals surface area (Å²) >= 11 is 0. The van der Waals surface area contributed by atoms with Crippen LogP contribution in [0.2, 0.25) is 0 Å². The van der Waals surface area contributed by atoms with Crippen LogP contribution in [-0.4, -0.2) is 22.9 Å². The van der Waals surface area contributed by atoms with E-state index in [1.54, 1.807) is 26.2 Å². The number of carbonyl (C=O) groups is 1. The Bertz CT molecular complexity index is 388. The standard InChI is InChI=1S/C12H16O3S/c1-10(13)6-5-9-16(14)12-8-4-3-7-11(12)15-2/h3-4,7-8H,5-6,9H2,1-2H3. The van der Waals surface area contributed by atoms with E-state index in [9.17, 15) is 9.00 Å². The maximum absolute atomic E-state index is 11.9. The number of benzene rings is 1. The number of ether oxygens (including phenoxy) is 1. The fourth-order valence-corrected chi connectivity index (χ4v) is 2.60. The van der Waals surface area contributed by atoms with Crippen LogP contribution in [-0.2, 0) is 15.6 Å². The lowest BCUT2D eigenvalue weighted by Crippen LogP contribution is -2.02. The molecule has 0 aliphatic rings. The molecule has 0 bridgehead atoms. The predicted octanol–water partition coefficient (Wildman–Crippen LogP) is 2.17. The molecule has 0 aliphatic carbocycles. The molecule has 1 atom stereocenters. The average Bonchev–Trinajstić information content (AvgIpc) is 2.28. The fraction of sp³-hybridized carbons (Fsp3) is 0.417. The summed E-state index contributed by atoms with van der Waals surface area (Å²) in [7, 11) is 0.473. The van der Waals surface area contributed by atoms with Crippen LogP contribution >= 0.6 is 0 Å². The summed E-state index contributed by atoms with van der Waals surface area (Å²) in [5, 5.41) is 0. The van der Waals surface area contributed by atoms with Crippen molar-refractivity contribution in [1.29, 1.82) is 0 Å². The highest BCUT2D eigenvalue weighted by atomic mass is 32.2. The van der Waals surface area contributed by atoms with Crippen LogP contribution in [0.5, 0.6) is 5.75 Å². The number of hydrogen-bond acceptors (Lipinski definition) is 3. The summed E-state index contributed by atoms with van der Waals surface area (Å²) in [6, 6.07) is 7.26. The molecule has 88 valence electrons. The zero-order valence-corrected chi connectivity index (χ0v) is 10.4. The first-order chi connectivity index (χ1) is 7.65. The van der Waals surface area contributed by atoms with Crippen LogP contribution in [0.15, 0.2) is 29.2 Å². The number of ketones is 1. The largest absolute Gasteiger partial charge is 0.495 e. The first-order valence-corrected chi connectivity index (χ1v) is 6.48. The van der Waals surface area contributed by atoms with Gasteiger partial charge in [0.05, 0.1) is 22.8 Å². The molecular formula is C12H16O3S. The van der Waals surface area contributed by atoms with E-state index in [2.05, 4.69) is 0 Å². The molecule has 0 saturated heterocycles. The van der Waals surface area contributed by atoms with E-state index >= 15 is 0 Å². The molecule has 0 radical (unpaired) electrons. The van der Waals surface area contributed by atoms with Gasteiger partial charge in [-0.1, -0.05) is 12.1 Å². The molecule has 0 heterocycles. The van der Waals surface area contributed by atoms with Gasteiger partial charge >= 0.3 is 0 Å². The minimum atomic E-state index is -1.09. The smallest absolute Gasteiger partial charge is 0.134 e. The van der Waals surface area contributed by atoms with Gasteiger partial charge in [0, 0.05) is 12.2 Å². The van der Waals surface area contributed by atoms with Crippen LogP contribution in [0.4, 0.5) is 0 Å². The maximum Gasteiger partial charge on any atom is 0.134 e. The van der Waals surface area contributed by atoms with Crippen LogP contribution in [0.25, 0.3) is 0 Å². The molecule has 0 N–H and O–H groups in total. The normalized spacial score (nSPS) is 12.1. The van der Waals surface area contributed by atoms with E-state index in [4.69, 9.17) is 4.74 Å². The zero-order chi connectivity index (χ0) is 12.0. The SMILES string of the molecule is COc1ccccc1S(=O)CCCC(C)=O. The van der Waals surface area contributed by atoms with Crippen molar-refractivity contribution in [3.05, 3.63) is 24.3 Å². The number of rotatable bonds is 6. The van der Waals surface area contributed by atoms with Gasteiger partial charge in [0.15, 0.2) is 0 Å². The monoisotopic (exact) mass is 240 g/mol. The van der Waals surface area contributed by atoms with E-state index in [1.165, 1.54) is 0 Å². The molecule has 0 aromatic heterocycles. The quantitative estimate of drug-likeness (QED) is 0.765. The first-order valence-electron chi connectivity index (χ1n) is 5.16. The highest BCUT2D eigenvalue weighted by molar-refractivity contribution is 7.85. The molecule has 1 aromatic carbocycles. The minimum absolute atomic E-state index is 0.136. The van der Waals surface area contributed by atoms with Crippen molar-refractivity contribution in [1.82, 2.24) is 0 Å².